The minimum absolute atomic E-state index is 0.0605. The molecular weight excluding hydrogens is 238 g/mol. The van der Waals surface area contributed by atoms with Crippen LogP contribution in [0.1, 0.15) is 42.7 Å². The Balaban J connectivity index is 1.48. The summed E-state index contributed by atoms with van der Waals surface area (Å²) in [6.45, 7) is 0.768. The number of fused-ring (bicyclic) bond motifs is 1. The van der Waals surface area contributed by atoms with Gasteiger partial charge in [0.15, 0.2) is 0 Å². The van der Waals surface area contributed by atoms with Crippen molar-refractivity contribution in [3.8, 4) is 0 Å². The molecule has 1 unspecified atom stereocenters. The van der Waals surface area contributed by atoms with Gasteiger partial charge in [-0.1, -0.05) is 24.3 Å². The molecule has 1 fully saturated rings. The summed E-state index contributed by atoms with van der Waals surface area (Å²) >= 11 is 0. The lowest BCUT2D eigenvalue weighted by Crippen LogP contribution is -2.38. The molecule has 102 valence electrons. The predicted molar refractivity (Wildman–Crippen MR) is 73.9 cm³/mol. The highest BCUT2D eigenvalue weighted by Crippen LogP contribution is 2.34. The monoisotopic (exact) mass is 259 g/mol. The van der Waals surface area contributed by atoms with Crippen LogP contribution in [0.3, 0.4) is 0 Å². The van der Waals surface area contributed by atoms with Gasteiger partial charge in [-0.3, -0.25) is 4.79 Å². The highest BCUT2D eigenvalue weighted by atomic mass is 16.3. The van der Waals surface area contributed by atoms with Gasteiger partial charge >= 0.3 is 0 Å². The molecule has 0 heterocycles. The summed E-state index contributed by atoms with van der Waals surface area (Å²) in [6, 6.07) is 8.18. The van der Waals surface area contributed by atoms with Gasteiger partial charge in [0.05, 0.1) is 12.0 Å². The maximum Gasteiger partial charge on any atom is 0.227 e. The van der Waals surface area contributed by atoms with Crippen molar-refractivity contribution in [1.29, 1.82) is 0 Å². The lowest BCUT2D eigenvalue weighted by Gasteiger charge is -2.30. The Morgan fingerprint density at radius 3 is 2.68 bits per heavy atom. The first kappa shape index (κ1) is 12.7. The molecule has 3 nitrogen and oxygen atoms in total. The normalized spacial score (nSPS) is 29.2. The Hall–Kier alpha value is -1.35. The van der Waals surface area contributed by atoms with Crippen LogP contribution in [0.4, 0.5) is 0 Å². The number of rotatable bonds is 3. The molecule has 1 aromatic carbocycles. The number of carbonyl (C=O) groups excluding carboxylic acids is 1. The van der Waals surface area contributed by atoms with Crippen molar-refractivity contribution in [2.75, 3.05) is 6.54 Å². The molecule has 3 heteroatoms. The highest BCUT2D eigenvalue weighted by molar-refractivity contribution is 5.86. The van der Waals surface area contributed by atoms with Gasteiger partial charge in [0.2, 0.25) is 5.91 Å². The van der Waals surface area contributed by atoms with Crippen molar-refractivity contribution < 1.29 is 9.90 Å². The number of benzene rings is 1. The van der Waals surface area contributed by atoms with Crippen LogP contribution in [0.2, 0.25) is 0 Å². The van der Waals surface area contributed by atoms with Crippen LogP contribution in [0, 0.1) is 5.92 Å². The van der Waals surface area contributed by atoms with Gasteiger partial charge in [-0.05, 0) is 49.1 Å². The number of hydrogen-bond donors (Lipinski definition) is 2. The molecule has 0 radical (unpaired) electrons. The van der Waals surface area contributed by atoms with Gasteiger partial charge in [0.1, 0.15) is 0 Å². The Labute approximate surface area is 114 Å². The molecule has 2 aliphatic carbocycles. The van der Waals surface area contributed by atoms with Gasteiger partial charge < -0.3 is 10.4 Å². The van der Waals surface area contributed by atoms with Crippen molar-refractivity contribution in [3.63, 3.8) is 0 Å². The first-order valence-electron chi connectivity index (χ1n) is 7.27. The van der Waals surface area contributed by atoms with Crippen molar-refractivity contribution >= 4 is 5.91 Å². The summed E-state index contributed by atoms with van der Waals surface area (Å²) in [5, 5.41) is 12.6. The number of aliphatic hydroxyl groups is 1. The minimum Gasteiger partial charge on any atom is -0.393 e. The Kier molecular flexibility index (Phi) is 3.56. The lowest BCUT2D eigenvalue weighted by molar-refractivity contribution is -0.123. The highest BCUT2D eigenvalue weighted by Gasteiger charge is 2.31. The zero-order valence-electron chi connectivity index (χ0n) is 11.1. The summed E-state index contributed by atoms with van der Waals surface area (Å²) in [5.74, 6) is 0.776. The summed E-state index contributed by atoms with van der Waals surface area (Å²) in [5.41, 5.74) is 2.50. The second kappa shape index (κ2) is 5.33. The Morgan fingerprint density at radius 1 is 1.21 bits per heavy atom. The molecule has 0 aromatic heterocycles. The van der Waals surface area contributed by atoms with Crippen LogP contribution >= 0.6 is 0 Å². The number of aliphatic hydroxyl groups excluding tert-OH is 1. The first-order chi connectivity index (χ1) is 9.24. The fourth-order valence-corrected chi connectivity index (χ4v) is 3.21. The van der Waals surface area contributed by atoms with Crippen molar-refractivity contribution in [2.45, 2.75) is 44.1 Å². The van der Waals surface area contributed by atoms with Crippen LogP contribution in [-0.2, 0) is 11.2 Å². The third-order valence-electron chi connectivity index (χ3n) is 4.55. The molecule has 1 saturated carbocycles. The van der Waals surface area contributed by atoms with E-state index < -0.39 is 0 Å². The van der Waals surface area contributed by atoms with E-state index in [4.69, 9.17) is 0 Å². The molecule has 0 spiro atoms. The van der Waals surface area contributed by atoms with Gasteiger partial charge in [-0.2, -0.15) is 0 Å². The van der Waals surface area contributed by atoms with Gasteiger partial charge in [-0.25, -0.2) is 0 Å². The third kappa shape index (κ3) is 2.66. The molecule has 1 atom stereocenters. The van der Waals surface area contributed by atoms with Crippen molar-refractivity contribution in [3.05, 3.63) is 35.4 Å². The van der Waals surface area contributed by atoms with E-state index in [0.717, 1.165) is 38.6 Å². The van der Waals surface area contributed by atoms with Crippen LogP contribution in [0.5, 0.6) is 0 Å². The summed E-state index contributed by atoms with van der Waals surface area (Å²) < 4.78 is 0. The topological polar surface area (TPSA) is 49.3 Å². The standard InChI is InChI=1S/C16H21NO2/c18-13-7-5-11(6-8-13)10-17-16(19)15-9-12-3-1-2-4-14(12)15/h1-4,11,13,15,18H,5-10H2,(H,17,19). The van der Waals surface area contributed by atoms with E-state index in [9.17, 15) is 9.90 Å². The average molecular weight is 259 g/mol. The predicted octanol–water partition coefficient (Wildman–Crippen LogP) is 1.99. The molecule has 1 aromatic rings. The minimum atomic E-state index is -0.120. The number of amides is 1. The Morgan fingerprint density at radius 2 is 1.95 bits per heavy atom. The molecule has 3 rings (SSSR count). The average Bonchev–Trinajstić information content (AvgIpc) is 2.39. The molecule has 2 aliphatic rings. The largest absolute Gasteiger partial charge is 0.393 e. The van der Waals surface area contributed by atoms with Crippen LogP contribution in [0.15, 0.2) is 24.3 Å². The lowest BCUT2D eigenvalue weighted by atomic mass is 9.77. The first-order valence-corrected chi connectivity index (χ1v) is 7.27. The maximum atomic E-state index is 12.1. The Bertz CT molecular complexity index is 464. The fraction of sp³-hybridized carbons (Fsp3) is 0.562. The van der Waals surface area contributed by atoms with E-state index in [1.54, 1.807) is 0 Å². The zero-order valence-corrected chi connectivity index (χ0v) is 11.1. The van der Waals surface area contributed by atoms with E-state index in [1.807, 2.05) is 12.1 Å². The second-order valence-electron chi connectivity index (χ2n) is 5.88. The maximum absolute atomic E-state index is 12.1. The number of nitrogens with one attached hydrogen (secondary N) is 1. The van der Waals surface area contributed by atoms with Gasteiger partial charge in [0, 0.05) is 6.54 Å². The van der Waals surface area contributed by atoms with E-state index in [0.29, 0.717) is 5.92 Å². The molecular formula is C16H21NO2. The summed E-state index contributed by atoms with van der Waals surface area (Å²) in [6.07, 6.45) is 4.58. The van der Waals surface area contributed by atoms with Crippen molar-refractivity contribution in [1.82, 2.24) is 5.32 Å². The fourth-order valence-electron chi connectivity index (χ4n) is 3.21. The third-order valence-corrected chi connectivity index (χ3v) is 4.55. The van der Waals surface area contributed by atoms with Gasteiger partial charge in [-0.15, -0.1) is 0 Å². The van der Waals surface area contributed by atoms with E-state index in [1.165, 1.54) is 11.1 Å². The molecule has 19 heavy (non-hydrogen) atoms. The smallest absolute Gasteiger partial charge is 0.227 e. The van der Waals surface area contributed by atoms with E-state index >= 15 is 0 Å². The second-order valence-corrected chi connectivity index (χ2v) is 5.88. The van der Waals surface area contributed by atoms with Gasteiger partial charge in [0.25, 0.3) is 0 Å². The molecule has 0 saturated heterocycles. The van der Waals surface area contributed by atoms with Crippen LogP contribution in [-0.4, -0.2) is 23.7 Å². The number of hydrogen-bond acceptors (Lipinski definition) is 2. The molecule has 0 aliphatic heterocycles. The molecule has 0 bridgehead atoms. The quantitative estimate of drug-likeness (QED) is 0.872. The van der Waals surface area contributed by atoms with Crippen LogP contribution in [0.25, 0.3) is 0 Å². The van der Waals surface area contributed by atoms with Crippen LogP contribution < -0.4 is 5.32 Å². The molecule has 1 amide bonds. The summed E-state index contributed by atoms with van der Waals surface area (Å²) in [4.78, 5) is 12.1. The van der Waals surface area contributed by atoms with Crippen molar-refractivity contribution in [2.24, 2.45) is 5.92 Å². The number of carbonyl (C=O) groups is 1. The molecule has 2 N–H and O–H groups in total. The van der Waals surface area contributed by atoms with E-state index in [-0.39, 0.29) is 17.9 Å². The van der Waals surface area contributed by atoms with E-state index in [2.05, 4.69) is 17.4 Å². The zero-order chi connectivity index (χ0) is 13.2. The summed E-state index contributed by atoms with van der Waals surface area (Å²) in [7, 11) is 0. The SMILES string of the molecule is O=C(NCC1CCC(O)CC1)C1Cc2ccccc21.